The van der Waals surface area contributed by atoms with Crippen LogP contribution < -0.4 is 0 Å². The quantitative estimate of drug-likeness (QED) is 0.588. The zero-order valence-electron chi connectivity index (χ0n) is 9.92. The molecule has 0 aromatic carbocycles. The fourth-order valence-corrected chi connectivity index (χ4v) is 1.41. The van der Waals surface area contributed by atoms with Gasteiger partial charge in [-0.2, -0.15) is 0 Å². The summed E-state index contributed by atoms with van der Waals surface area (Å²) in [6, 6.07) is 0. The van der Waals surface area contributed by atoms with E-state index >= 15 is 0 Å². The normalized spacial score (nSPS) is 10.3. The van der Waals surface area contributed by atoms with Gasteiger partial charge in [-0.05, 0) is 0 Å². The number of carbonyl (C=O) groups is 2. The van der Waals surface area contributed by atoms with Crippen LogP contribution in [0.5, 0.6) is 0 Å². The molecule has 100 valence electrons. The molecule has 0 aliphatic rings. The lowest BCUT2D eigenvalue weighted by atomic mass is 10.3. The minimum atomic E-state index is -1.26. The lowest BCUT2D eigenvalue weighted by molar-refractivity contribution is 0.0626. The van der Waals surface area contributed by atoms with Crippen molar-refractivity contribution in [1.82, 2.24) is 14.9 Å². The summed E-state index contributed by atoms with van der Waals surface area (Å²) in [5.74, 6) is -1.81. The first-order chi connectivity index (χ1) is 8.61. The Morgan fingerprint density at radius 1 is 1.50 bits per heavy atom. The maximum absolute atomic E-state index is 12.0. The first-order valence-corrected chi connectivity index (χ1v) is 5.27. The third-order valence-electron chi connectivity index (χ3n) is 2.28. The van der Waals surface area contributed by atoms with Gasteiger partial charge in [-0.15, -0.1) is 0 Å². The van der Waals surface area contributed by atoms with Crippen LogP contribution in [0.2, 0.25) is 0 Å². The number of nitrogens with zero attached hydrogens (tertiary/aromatic N) is 2. The number of carboxylic acids is 1. The van der Waals surface area contributed by atoms with E-state index in [0.717, 1.165) is 6.33 Å². The van der Waals surface area contributed by atoms with Crippen molar-refractivity contribution in [3.8, 4) is 0 Å². The number of nitrogens with one attached hydrogen (secondary N) is 1. The van der Waals surface area contributed by atoms with E-state index in [1.54, 1.807) is 0 Å². The van der Waals surface area contributed by atoms with Gasteiger partial charge in [-0.1, -0.05) is 0 Å². The summed E-state index contributed by atoms with van der Waals surface area (Å²) in [7, 11) is 1.48. The van der Waals surface area contributed by atoms with E-state index in [9.17, 15) is 9.59 Å². The number of carboxylic acid groups (broad SMARTS) is 1. The second kappa shape index (κ2) is 6.72. The summed E-state index contributed by atoms with van der Waals surface area (Å²) in [5, 5.41) is 17.8. The largest absolute Gasteiger partial charge is 0.477 e. The summed E-state index contributed by atoms with van der Waals surface area (Å²) >= 11 is 0. The number of ether oxygens (including phenoxy) is 1. The molecule has 1 amide bonds. The summed E-state index contributed by atoms with van der Waals surface area (Å²) in [6.45, 7) is 0.413. The number of aromatic carboxylic acids is 1. The van der Waals surface area contributed by atoms with Crippen LogP contribution in [-0.2, 0) is 4.74 Å². The number of H-pyrrole nitrogens is 1. The average Bonchev–Trinajstić information content (AvgIpc) is 2.82. The number of aromatic amines is 1. The van der Waals surface area contributed by atoms with E-state index in [-0.39, 0.29) is 31.1 Å². The van der Waals surface area contributed by atoms with Crippen LogP contribution in [0.4, 0.5) is 0 Å². The molecule has 8 nitrogen and oxygen atoms in total. The van der Waals surface area contributed by atoms with Crippen LogP contribution in [-0.4, -0.2) is 70.4 Å². The smallest absolute Gasteiger partial charge is 0.354 e. The average molecular weight is 257 g/mol. The van der Waals surface area contributed by atoms with Crippen molar-refractivity contribution >= 4 is 11.9 Å². The van der Waals surface area contributed by atoms with Gasteiger partial charge in [0, 0.05) is 20.2 Å². The van der Waals surface area contributed by atoms with Crippen molar-refractivity contribution in [3.05, 3.63) is 17.7 Å². The van der Waals surface area contributed by atoms with Crippen molar-refractivity contribution in [2.45, 2.75) is 0 Å². The monoisotopic (exact) mass is 257 g/mol. The second-order valence-electron chi connectivity index (χ2n) is 3.44. The molecule has 1 rings (SSSR count). The number of imidazole rings is 1. The second-order valence-corrected chi connectivity index (χ2v) is 3.44. The van der Waals surface area contributed by atoms with Crippen molar-refractivity contribution in [2.24, 2.45) is 0 Å². The number of aliphatic hydroxyl groups excluding tert-OH is 1. The molecule has 0 saturated carbocycles. The molecule has 0 spiro atoms. The molecule has 0 fully saturated rings. The standard InChI is InChI=1S/C10H15N3O5/c1-18-5-3-13(2-4-14)9(15)7-8(10(16)17)12-6-11-7/h6,14H,2-5H2,1H3,(H,11,12)(H,16,17). The van der Waals surface area contributed by atoms with Crippen LogP contribution in [0, 0.1) is 0 Å². The topological polar surface area (TPSA) is 116 Å². The van der Waals surface area contributed by atoms with Crippen molar-refractivity contribution in [3.63, 3.8) is 0 Å². The van der Waals surface area contributed by atoms with Gasteiger partial charge in [0.2, 0.25) is 0 Å². The van der Waals surface area contributed by atoms with Gasteiger partial charge >= 0.3 is 5.97 Å². The molecule has 0 aliphatic carbocycles. The fraction of sp³-hybridized carbons (Fsp3) is 0.500. The molecule has 1 aromatic heterocycles. The van der Waals surface area contributed by atoms with Gasteiger partial charge in [0.15, 0.2) is 11.4 Å². The molecule has 3 N–H and O–H groups in total. The molecule has 0 aliphatic heterocycles. The van der Waals surface area contributed by atoms with E-state index in [0.29, 0.717) is 6.61 Å². The summed E-state index contributed by atoms with van der Waals surface area (Å²) in [5.41, 5.74) is -0.438. The molecule has 0 unspecified atom stereocenters. The van der Waals surface area contributed by atoms with Gasteiger partial charge < -0.3 is 24.8 Å². The van der Waals surface area contributed by atoms with Gasteiger partial charge in [0.25, 0.3) is 5.91 Å². The highest BCUT2D eigenvalue weighted by Gasteiger charge is 2.24. The third-order valence-corrected chi connectivity index (χ3v) is 2.28. The molecule has 18 heavy (non-hydrogen) atoms. The predicted octanol–water partition coefficient (Wildman–Crippen LogP) is -0.811. The van der Waals surface area contributed by atoms with Crippen molar-refractivity contribution < 1.29 is 24.5 Å². The number of aliphatic hydroxyl groups is 1. The highest BCUT2D eigenvalue weighted by molar-refractivity contribution is 6.02. The highest BCUT2D eigenvalue weighted by atomic mass is 16.5. The first-order valence-electron chi connectivity index (χ1n) is 5.27. The Hall–Kier alpha value is -1.93. The fourth-order valence-electron chi connectivity index (χ4n) is 1.41. The Balaban J connectivity index is 2.87. The molecule has 0 atom stereocenters. The molecule has 0 bridgehead atoms. The summed E-state index contributed by atoms with van der Waals surface area (Å²) in [6.07, 6.45) is 1.14. The Morgan fingerprint density at radius 2 is 2.22 bits per heavy atom. The number of hydrogen-bond acceptors (Lipinski definition) is 5. The summed E-state index contributed by atoms with van der Waals surface area (Å²) < 4.78 is 4.84. The molecule has 1 aromatic rings. The highest BCUT2D eigenvalue weighted by Crippen LogP contribution is 2.07. The van der Waals surface area contributed by atoms with Crippen LogP contribution >= 0.6 is 0 Å². The lowest BCUT2D eigenvalue weighted by Crippen LogP contribution is -2.37. The van der Waals surface area contributed by atoms with E-state index < -0.39 is 11.9 Å². The van der Waals surface area contributed by atoms with Crippen LogP contribution in [0.3, 0.4) is 0 Å². The van der Waals surface area contributed by atoms with Crippen LogP contribution in [0.25, 0.3) is 0 Å². The van der Waals surface area contributed by atoms with Crippen molar-refractivity contribution in [1.29, 1.82) is 0 Å². The van der Waals surface area contributed by atoms with Gasteiger partial charge in [0.05, 0.1) is 19.5 Å². The third kappa shape index (κ3) is 3.28. The van der Waals surface area contributed by atoms with Gasteiger partial charge in [0.1, 0.15) is 0 Å². The minimum Gasteiger partial charge on any atom is -0.477 e. The number of hydrogen-bond donors (Lipinski definition) is 3. The number of rotatable bonds is 7. The predicted molar refractivity (Wildman–Crippen MR) is 60.4 cm³/mol. The molecule has 0 saturated heterocycles. The van der Waals surface area contributed by atoms with E-state index in [2.05, 4.69) is 9.97 Å². The Labute approximate surface area is 103 Å². The van der Waals surface area contributed by atoms with Crippen LogP contribution in [0.1, 0.15) is 21.0 Å². The zero-order chi connectivity index (χ0) is 13.5. The zero-order valence-corrected chi connectivity index (χ0v) is 9.92. The molecule has 8 heteroatoms. The Kier molecular flexibility index (Phi) is 5.28. The Morgan fingerprint density at radius 3 is 2.78 bits per heavy atom. The molecular formula is C10H15N3O5. The van der Waals surface area contributed by atoms with E-state index in [4.69, 9.17) is 14.9 Å². The van der Waals surface area contributed by atoms with E-state index in [1.807, 2.05) is 0 Å². The first kappa shape index (κ1) is 14.1. The number of amides is 1. The lowest BCUT2D eigenvalue weighted by Gasteiger charge is -2.20. The van der Waals surface area contributed by atoms with E-state index in [1.165, 1.54) is 12.0 Å². The number of methoxy groups -OCH3 is 1. The van der Waals surface area contributed by atoms with Gasteiger partial charge in [-0.3, -0.25) is 4.79 Å². The maximum Gasteiger partial charge on any atom is 0.354 e. The Bertz CT molecular complexity index is 417. The molecular weight excluding hydrogens is 242 g/mol. The van der Waals surface area contributed by atoms with Gasteiger partial charge in [-0.25, -0.2) is 9.78 Å². The summed E-state index contributed by atoms with van der Waals surface area (Å²) in [4.78, 5) is 30.3. The SMILES string of the molecule is COCCN(CCO)C(=O)c1nc[nH]c1C(=O)O. The molecule has 0 radical (unpaired) electrons. The number of aromatic nitrogens is 2. The molecule has 1 heterocycles. The number of carbonyl (C=O) groups excluding carboxylic acids is 1. The minimum absolute atomic E-state index is 0.0914. The van der Waals surface area contributed by atoms with Crippen molar-refractivity contribution in [2.75, 3.05) is 33.4 Å². The maximum atomic E-state index is 12.0. The van der Waals surface area contributed by atoms with Crippen LogP contribution in [0.15, 0.2) is 6.33 Å².